The van der Waals surface area contributed by atoms with Crippen LogP contribution in [-0.4, -0.2) is 63.4 Å². The summed E-state index contributed by atoms with van der Waals surface area (Å²) >= 11 is 0. The molecule has 1 aliphatic rings. The summed E-state index contributed by atoms with van der Waals surface area (Å²) in [6.45, 7) is 0.194. The zero-order valence-corrected chi connectivity index (χ0v) is 22.0. The van der Waals surface area contributed by atoms with Crippen LogP contribution in [0.2, 0.25) is 0 Å². The van der Waals surface area contributed by atoms with Gasteiger partial charge >= 0.3 is 11.9 Å². The lowest BCUT2D eigenvalue weighted by Crippen LogP contribution is -2.61. The quantitative estimate of drug-likeness (QED) is 0.146. The second-order valence-electron chi connectivity index (χ2n) is 8.81. The summed E-state index contributed by atoms with van der Waals surface area (Å²) in [6.07, 6.45) is -4.54. The van der Waals surface area contributed by atoms with Crippen molar-refractivity contribution >= 4 is 11.9 Å². The largest absolute Gasteiger partial charge is 0.497 e. The molecule has 11 nitrogen and oxygen atoms in total. The third kappa shape index (κ3) is 7.16. The molecule has 0 amide bonds. The van der Waals surface area contributed by atoms with E-state index in [2.05, 4.69) is 10.0 Å². The summed E-state index contributed by atoms with van der Waals surface area (Å²) in [5, 5.41) is 3.88. The van der Waals surface area contributed by atoms with Gasteiger partial charge in [-0.2, -0.15) is 0 Å². The number of methoxy groups -OCH3 is 2. The van der Waals surface area contributed by atoms with Crippen LogP contribution in [0.3, 0.4) is 0 Å². The molecule has 4 rings (SSSR count). The minimum Gasteiger partial charge on any atom is -0.497 e. The highest BCUT2D eigenvalue weighted by atomic mass is 16.7. The Hall–Kier alpha value is -4.41. The number of carbonyl (C=O) groups excluding carboxylic acids is 2. The molecule has 1 aliphatic heterocycles. The average Bonchev–Trinajstić information content (AvgIpc) is 3.00. The summed E-state index contributed by atoms with van der Waals surface area (Å²) in [4.78, 5) is 29.0. The van der Waals surface area contributed by atoms with Gasteiger partial charge < -0.3 is 28.4 Å². The Labute approximate surface area is 231 Å². The zero-order valence-electron chi connectivity index (χ0n) is 22.0. The number of hydrogen-bond donors (Lipinski definition) is 0. The van der Waals surface area contributed by atoms with Gasteiger partial charge in [-0.15, -0.1) is 0 Å². The second-order valence-corrected chi connectivity index (χ2v) is 8.81. The van der Waals surface area contributed by atoms with Crippen molar-refractivity contribution < 1.29 is 38.0 Å². The van der Waals surface area contributed by atoms with Gasteiger partial charge in [-0.25, -0.2) is 9.59 Å². The molecule has 1 fully saturated rings. The van der Waals surface area contributed by atoms with Crippen LogP contribution < -0.4 is 4.74 Å². The van der Waals surface area contributed by atoms with Crippen molar-refractivity contribution in [3.8, 4) is 5.75 Å². The molecule has 0 bridgehead atoms. The molecule has 208 valence electrons. The van der Waals surface area contributed by atoms with Crippen LogP contribution in [0.1, 0.15) is 26.3 Å². The number of rotatable bonds is 11. The Morgan fingerprint density at radius 3 is 1.95 bits per heavy atom. The predicted octanol–water partition coefficient (Wildman–Crippen LogP) is 4.71. The Morgan fingerprint density at radius 2 is 1.43 bits per heavy atom. The number of hydrogen-bond acceptors (Lipinski definition) is 9. The van der Waals surface area contributed by atoms with E-state index in [-0.39, 0.29) is 24.3 Å². The first kappa shape index (κ1) is 28.6. The number of benzene rings is 3. The predicted molar refractivity (Wildman–Crippen MR) is 143 cm³/mol. The van der Waals surface area contributed by atoms with Gasteiger partial charge in [-0.05, 0) is 47.5 Å². The molecule has 0 N–H and O–H groups in total. The summed E-state index contributed by atoms with van der Waals surface area (Å²) in [6, 6.07) is 22.8. The third-order valence-electron chi connectivity index (χ3n) is 6.25. The fourth-order valence-corrected chi connectivity index (χ4v) is 4.22. The molecule has 5 atom stereocenters. The Bertz CT molecular complexity index is 1300. The molecule has 1 saturated heterocycles. The lowest BCUT2D eigenvalue weighted by molar-refractivity contribution is -0.269. The van der Waals surface area contributed by atoms with Crippen LogP contribution in [-0.2, 0) is 30.3 Å². The van der Waals surface area contributed by atoms with E-state index in [0.717, 1.165) is 5.56 Å². The van der Waals surface area contributed by atoms with Crippen molar-refractivity contribution in [2.24, 2.45) is 5.11 Å². The normalized spacial score (nSPS) is 22.0. The lowest BCUT2D eigenvalue weighted by atomic mass is 9.96. The number of ether oxygens (including phenoxy) is 6. The molecule has 3 aromatic carbocycles. The summed E-state index contributed by atoms with van der Waals surface area (Å²) in [7, 11) is 2.95. The van der Waals surface area contributed by atoms with Crippen molar-refractivity contribution in [3.05, 3.63) is 112 Å². The monoisotopic (exact) mass is 547 g/mol. The fraction of sp³-hybridized carbons (Fsp3) is 0.310. The van der Waals surface area contributed by atoms with E-state index in [1.807, 2.05) is 24.3 Å². The molecule has 3 aromatic rings. The first-order valence-corrected chi connectivity index (χ1v) is 12.5. The van der Waals surface area contributed by atoms with Crippen molar-refractivity contribution in [2.75, 3.05) is 20.8 Å². The molecule has 40 heavy (non-hydrogen) atoms. The van der Waals surface area contributed by atoms with Gasteiger partial charge in [-0.1, -0.05) is 53.6 Å². The Kier molecular flexibility index (Phi) is 10.1. The molecule has 1 heterocycles. The van der Waals surface area contributed by atoms with Crippen molar-refractivity contribution in [1.29, 1.82) is 0 Å². The van der Waals surface area contributed by atoms with Crippen LogP contribution in [0.15, 0.2) is 90.0 Å². The first-order valence-electron chi connectivity index (χ1n) is 12.5. The SMILES string of the molecule is COc1ccc(COC[C@H]2O[C@H](OC)[C@H](OC(=O)c3ccccc3)[C@@H](OC(=O)c3ccccc3)[C@@H]2N=[N+]=[N-])cc1. The van der Waals surface area contributed by atoms with E-state index in [1.165, 1.54) is 7.11 Å². The molecular weight excluding hydrogens is 518 g/mol. The molecule has 0 radical (unpaired) electrons. The minimum atomic E-state index is -1.25. The molecule has 0 aromatic heterocycles. The molecule has 0 saturated carbocycles. The topological polar surface area (TPSA) is 138 Å². The van der Waals surface area contributed by atoms with Crippen molar-refractivity contribution in [1.82, 2.24) is 0 Å². The zero-order chi connectivity index (χ0) is 28.3. The lowest BCUT2D eigenvalue weighted by Gasteiger charge is -2.43. The van der Waals surface area contributed by atoms with Gasteiger partial charge in [0.15, 0.2) is 18.5 Å². The highest BCUT2D eigenvalue weighted by Gasteiger charge is 2.50. The molecule has 0 unspecified atom stereocenters. The first-order chi connectivity index (χ1) is 19.5. The van der Waals surface area contributed by atoms with Gasteiger partial charge in [0.2, 0.25) is 0 Å². The smallest absolute Gasteiger partial charge is 0.338 e. The van der Waals surface area contributed by atoms with E-state index in [0.29, 0.717) is 5.75 Å². The second kappa shape index (κ2) is 14.1. The maximum absolute atomic E-state index is 13.1. The van der Waals surface area contributed by atoms with E-state index < -0.39 is 42.6 Å². The fourth-order valence-electron chi connectivity index (χ4n) is 4.22. The average molecular weight is 548 g/mol. The Morgan fingerprint density at radius 1 is 0.850 bits per heavy atom. The van der Waals surface area contributed by atoms with Gasteiger partial charge in [0, 0.05) is 12.0 Å². The summed E-state index contributed by atoms with van der Waals surface area (Å²) < 4.78 is 34.2. The van der Waals surface area contributed by atoms with Gasteiger partial charge in [-0.3, -0.25) is 0 Å². The van der Waals surface area contributed by atoms with Crippen molar-refractivity contribution in [3.63, 3.8) is 0 Å². The van der Waals surface area contributed by atoms with Gasteiger partial charge in [0.25, 0.3) is 0 Å². The van der Waals surface area contributed by atoms with E-state index in [4.69, 9.17) is 28.4 Å². The summed E-state index contributed by atoms with van der Waals surface area (Å²) in [5.74, 6) is -0.671. The van der Waals surface area contributed by atoms with Crippen molar-refractivity contribution in [2.45, 2.75) is 37.3 Å². The maximum Gasteiger partial charge on any atom is 0.338 e. The summed E-state index contributed by atoms with van der Waals surface area (Å²) in [5.41, 5.74) is 10.8. The molecule has 0 spiro atoms. The van der Waals surface area contributed by atoms with E-state index in [1.54, 1.807) is 67.8 Å². The number of azide groups is 1. The van der Waals surface area contributed by atoms with Crippen LogP contribution >= 0.6 is 0 Å². The van der Waals surface area contributed by atoms with Crippen LogP contribution in [0.5, 0.6) is 5.75 Å². The number of nitrogens with zero attached hydrogens (tertiary/aromatic N) is 3. The highest BCUT2D eigenvalue weighted by molar-refractivity contribution is 5.90. The standard InChI is InChI=1S/C29H29N3O8/c1-35-22-15-13-19(14-16-22)17-37-18-23-24(31-32-30)25(39-27(33)20-9-5-3-6-10-20)26(29(36-2)38-23)40-28(34)21-11-7-4-8-12-21/h3-16,23-26,29H,17-18H2,1-2H3/t23-,24-,25+,26-,29+/m1/s1. The molecule has 0 aliphatic carbocycles. The highest BCUT2D eigenvalue weighted by Crippen LogP contribution is 2.31. The van der Waals surface area contributed by atoms with Crippen LogP contribution in [0.4, 0.5) is 0 Å². The van der Waals surface area contributed by atoms with E-state index >= 15 is 0 Å². The Balaban J connectivity index is 1.58. The number of esters is 2. The van der Waals surface area contributed by atoms with Gasteiger partial charge in [0.05, 0.1) is 37.6 Å². The van der Waals surface area contributed by atoms with Crippen LogP contribution in [0.25, 0.3) is 10.4 Å². The third-order valence-corrected chi connectivity index (χ3v) is 6.25. The van der Waals surface area contributed by atoms with Gasteiger partial charge in [0.1, 0.15) is 11.8 Å². The maximum atomic E-state index is 13.1. The molecule has 11 heteroatoms. The number of carbonyl (C=O) groups is 2. The van der Waals surface area contributed by atoms with E-state index in [9.17, 15) is 15.1 Å². The minimum absolute atomic E-state index is 0.0334. The molecular formula is C29H29N3O8. The van der Waals surface area contributed by atoms with Crippen LogP contribution in [0, 0.1) is 0 Å².